The van der Waals surface area contributed by atoms with Gasteiger partial charge in [-0.15, -0.1) is 16.4 Å². The van der Waals surface area contributed by atoms with Crippen molar-refractivity contribution in [3.8, 4) is 0 Å². The van der Waals surface area contributed by atoms with Gasteiger partial charge in [0, 0.05) is 16.8 Å². The van der Waals surface area contributed by atoms with E-state index >= 15 is 0 Å². The smallest absolute Gasteiger partial charge is 0.330 e. The average Bonchev–Trinajstić information content (AvgIpc) is 2.80. The molecule has 0 bridgehead atoms. The Labute approximate surface area is 108 Å². The quantitative estimate of drug-likeness (QED) is 0.682. The summed E-state index contributed by atoms with van der Waals surface area (Å²) in [6, 6.07) is 2.09. The van der Waals surface area contributed by atoms with E-state index in [0.717, 1.165) is 4.88 Å². The van der Waals surface area contributed by atoms with Crippen LogP contribution in [0.15, 0.2) is 12.3 Å². The Morgan fingerprint density at radius 2 is 2.28 bits per heavy atom. The van der Waals surface area contributed by atoms with Crippen molar-refractivity contribution in [2.45, 2.75) is 20.4 Å². The summed E-state index contributed by atoms with van der Waals surface area (Å²) in [6.45, 7) is 4.67. The molecule has 0 aromatic carbocycles. The molecule has 0 aliphatic carbocycles. The number of aromatic nitrogens is 2. The van der Waals surface area contributed by atoms with Gasteiger partial charge >= 0.3 is 5.69 Å². The van der Waals surface area contributed by atoms with Gasteiger partial charge < -0.3 is 5.32 Å². The molecule has 0 unspecified atom stereocenters. The van der Waals surface area contributed by atoms with E-state index in [1.54, 1.807) is 18.4 Å². The first-order chi connectivity index (χ1) is 8.47. The highest BCUT2D eigenvalue weighted by Crippen LogP contribution is 2.25. The van der Waals surface area contributed by atoms with Gasteiger partial charge in [-0.2, -0.15) is 0 Å². The Morgan fingerprint density at radius 1 is 1.56 bits per heavy atom. The minimum atomic E-state index is -0.430. The SMILES string of the molecule is Cc1cc(CNc2nn(C)cc2[N+](=O)[O-])sc1C. The zero-order valence-corrected chi connectivity index (χ0v) is 11.2. The number of aryl methyl sites for hydroxylation is 3. The van der Waals surface area contributed by atoms with Gasteiger partial charge in [-0.1, -0.05) is 0 Å². The number of rotatable bonds is 4. The van der Waals surface area contributed by atoms with Gasteiger partial charge in [0.2, 0.25) is 5.82 Å². The largest absolute Gasteiger partial charge is 0.358 e. The number of hydrogen-bond acceptors (Lipinski definition) is 5. The molecule has 0 radical (unpaired) electrons. The molecule has 0 saturated heterocycles. The summed E-state index contributed by atoms with van der Waals surface area (Å²) in [7, 11) is 1.66. The van der Waals surface area contributed by atoms with Crippen LogP contribution in [-0.4, -0.2) is 14.7 Å². The monoisotopic (exact) mass is 266 g/mol. The summed E-state index contributed by atoms with van der Waals surface area (Å²) >= 11 is 1.69. The number of thiophene rings is 1. The summed E-state index contributed by atoms with van der Waals surface area (Å²) in [5.41, 5.74) is 1.25. The molecule has 0 aliphatic heterocycles. The van der Waals surface area contributed by atoms with Crippen LogP contribution in [-0.2, 0) is 13.6 Å². The number of anilines is 1. The molecule has 0 fully saturated rings. The van der Waals surface area contributed by atoms with Crippen molar-refractivity contribution in [2.24, 2.45) is 7.05 Å². The number of nitro groups is 1. The van der Waals surface area contributed by atoms with E-state index in [9.17, 15) is 10.1 Å². The number of nitrogens with one attached hydrogen (secondary N) is 1. The van der Waals surface area contributed by atoms with Crippen molar-refractivity contribution in [1.82, 2.24) is 9.78 Å². The lowest BCUT2D eigenvalue weighted by Gasteiger charge is -1.99. The maximum atomic E-state index is 10.8. The van der Waals surface area contributed by atoms with Crippen LogP contribution in [0.5, 0.6) is 0 Å². The fourth-order valence-electron chi connectivity index (χ4n) is 1.64. The second-order valence-corrected chi connectivity index (χ2v) is 5.44. The molecule has 0 amide bonds. The van der Waals surface area contributed by atoms with Gasteiger partial charge in [-0.05, 0) is 25.5 Å². The second kappa shape index (κ2) is 4.77. The number of hydrogen-bond donors (Lipinski definition) is 1. The van der Waals surface area contributed by atoms with Crippen molar-refractivity contribution in [2.75, 3.05) is 5.32 Å². The van der Waals surface area contributed by atoms with Gasteiger partial charge in [0.25, 0.3) is 0 Å². The van der Waals surface area contributed by atoms with Crippen molar-refractivity contribution < 1.29 is 4.92 Å². The van der Waals surface area contributed by atoms with Crippen LogP contribution in [0.2, 0.25) is 0 Å². The minimum Gasteiger partial charge on any atom is -0.358 e. The summed E-state index contributed by atoms with van der Waals surface area (Å²) in [6.07, 6.45) is 1.40. The fourth-order valence-corrected chi connectivity index (χ4v) is 2.64. The Kier molecular flexibility index (Phi) is 3.33. The Bertz CT molecular complexity index is 568. The van der Waals surface area contributed by atoms with Crippen LogP contribution in [0.25, 0.3) is 0 Å². The van der Waals surface area contributed by atoms with E-state index in [-0.39, 0.29) is 5.69 Å². The molecule has 0 aliphatic rings. The Balaban J connectivity index is 2.12. The highest BCUT2D eigenvalue weighted by Gasteiger charge is 2.18. The molecule has 2 heterocycles. The van der Waals surface area contributed by atoms with Crippen LogP contribution < -0.4 is 5.32 Å². The van der Waals surface area contributed by atoms with Gasteiger partial charge in [0.05, 0.1) is 11.5 Å². The molecule has 7 heteroatoms. The molecule has 0 spiro atoms. The van der Waals surface area contributed by atoms with Crippen molar-refractivity contribution in [3.05, 3.63) is 37.7 Å². The molecule has 2 aromatic rings. The van der Waals surface area contributed by atoms with E-state index < -0.39 is 4.92 Å². The molecular weight excluding hydrogens is 252 g/mol. The van der Waals surface area contributed by atoms with Gasteiger partial charge in [0.1, 0.15) is 6.20 Å². The first-order valence-electron chi connectivity index (χ1n) is 5.45. The van der Waals surface area contributed by atoms with Crippen LogP contribution >= 0.6 is 11.3 Å². The van der Waals surface area contributed by atoms with Crippen LogP contribution in [0.3, 0.4) is 0 Å². The molecule has 2 rings (SSSR count). The third-order valence-electron chi connectivity index (χ3n) is 2.65. The highest BCUT2D eigenvalue weighted by atomic mass is 32.1. The Hall–Kier alpha value is -1.89. The standard InChI is InChI=1S/C11H14N4O2S/c1-7-4-9(18-8(7)2)5-12-11-10(15(16)17)6-14(3)13-11/h4,6H,5H2,1-3H3,(H,12,13). The van der Waals surface area contributed by atoms with Gasteiger partial charge in [-0.3, -0.25) is 14.8 Å². The van der Waals surface area contributed by atoms with E-state index in [0.29, 0.717) is 12.4 Å². The molecule has 0 saturated carbocycles. The van der Waals surface area contributed by atoms with Gasteiger partial charge in [0.15, 0.2) is 0 Å². The molecular formula is C11H14N4O2S. The minimum absolute atomic E-state index is 0.00231. The first-order valence-corrected chi connectivity index (χ1v) is 6.27. The third-order valence-corrected chi connectivity index (χ3v) is 3.81. The Morgan fingerprint density at radius 3 is 2.83 bits per heavy atom. The summed E-state index contributed by atoms with van der Waals surface area (Å²) in [4.78, 5) is 12.8. The van der Waals surface area contributed by atoms with Crippen molar-refractivity contribution in [3.63, 3.8) is 0 Å². The second-order valence-electron chi connectivity index (χ2n) is 4.10. The molecule has 2 aromatic heterocycles. The van der Waals surface area contributed by atoms with E-state index in [1.807, 2.05) is 0 Å². The van der Waals surface area contributed by atoms with E-state index in [2.05, 4.69) is 30.3 Å². The molecule has 1 N–H and O–H groups in total. The third kappa shape index (κ3) is 2.51. The lowest BCUT2D eigenvalue weighted by atomic mass is 10.3. The molecule has 6 nitrogen and oxygen atoms in total. The predicted octanol–water partition coefficient (Wildman–Crippen LogP) is 2.62. The zero-order chi connectivity index (χ0) is 13.3. The van der Waals surface area contributed by atoms with Crippen LogP contribution in [0, 0.1) is 24.0 Å². The van der Waals surface area contributed by atoms with E-state index in [1.165, 1.54) is 21.3 Å². The predicted molar refractivity (Wildman–Crippen MR) is 71.0 cm³/mol. The van der Waals surface area contributed by atoms with Gasteiger partial charge in [-0.25, -0.2) is 0 Å². The zero-order valence-electron chi connectivity index (χ0n) is 10.4. The summed E-state index contributed by atoms with van der Waals surface area (Å²) in [5.74, 6) is 0.311. The normalized spacial score (nSPS) is 10.6. The van der Waals surface area contributed by atoms with Crippen LogP contribution in [0.4, 0.5) is 11.5 Å². The lowest BCUT2D eigenvalue weighted by molar-refractivity contribution is -0.384. The molecule has 18 heavy (non-hydrogen) atoms. The first kappa shape index (κ1) is 12.6. The van der Waals surface area contributed by atoms with E-state index in [4.69, 9.17) is 0 Å². The molecule has 96 valence electrons. The van der Waals surface area contributed by atoms with Crippen molar-refractivity contribution in [1.29, 1.82) is 0 Å². The van der Waals surface area contributed by atoms with Crippen LogP contribution in [0.1, 0.15) is 15.3 Å². The summed E-state index contributed by atoms with van der Waals surface area (Å²) < 4.78 is 1.44. The molecule has 0 atom stereocenters. The van der Waals surface area contributed by atoms with Crippen molar-refractivity contribution >= 4 is 22.8 Å². The number of nitrogens with zero attached hydrogens (tertiary/aromatic N) is 3. The average molecular weight is 266 g/mol. The maximum Gasteiger partial charge on any atom is 0.330 e. The summed E-state index contributed by atoms with van der Waals surface area (Å²) in [5, 5.41) is 17.9. The maximum absolute atomic E-state index is 10.8. The lowest BCUT2D eigenvalue weighted by Crippen LogP contribution is -2.01. The fraction of sp³-hybridized carbons (Fsp3) is 0.364. The highest BCUT2D eigenvalue weighted by molar-refractivity contribution is 7.12. The topological polar surface area (TPSA) is 73.0 Å².